The van der Waals surface area contributed by atoms with Gasteiger partial charge in [0.2, 0.25) is 0 Å². The van der Waals surface area contributed by atoms with Crippen LogP contribution in [-0.2, 0) is 16.4 Å². The van der Waals surface area contributed by atoms with E-state index in [4.69, 9.17) is 4.74 Å². The normalized spacial score (nSPS) is 11.2. The zero-order valence-corrected chi connectivity index (χ0v) is 14.2. The fourth-order valence-electron chi connectivity index (χ4n) is 2.01. The van der Waals surface area contributed by atoms with Crippen LogP contribution in [0.4, 0.5) is 5.69 Å². The van der Waals surface area contributed by atoms with Gasteiger partial charge >= 0.3 is 0 Å². The van der Waals surface area contributed by atoms with Gasteiger partial charge in [-0.25, -0.2) is 8.42 Å². The van der Waals surface area contributed by atoms with Crippen LogP contribution in [0.3, 0.4) is 0 Å². The van der Waals surface area contributed by atoms with Crippen molar-refractivity contribution >= 4 is 31.5 Å². The van der Waals surface area contributed by atoms with Crippen LogP contribution < -0.4 is 10.1 Å². The minimum Gasteiger partial charge on any atom is -0.496 e. The van der Waals surface area contributed by atoms with Gasteiger partial charge in [0.05, 0.1) is 17.7 Å². The van der Waals surface area contributed by atoms with E-state index >= 15 is 0 Å². The molecule has 6 heteroatoms. The summed E-state index contributed by atoms with van der Waals surface area (Å²) in [5.74, 6) is 0.752. The summed E-state index contributed by atoms with van der Waals surface area (Å²) in [6, 6.07) is 12.6. The van der Waals surface area contributed by atoms with Gasteiger partial charge in [0, 0.05) is 22.8 Å². The molecule has 1 N–H and O–H groups in total. The van der Waals surface area contributed by atoms with Crippen LogP contribution in [-0.4, -0.2) is 21.8 Å². The number of rotatable bonds is 5. The van der Waals surface area contributed by atoms with Crippen molar-refractivity contribution in [3.63, 3.8) is 0 Å². The molecule has 2 aromatic carbocycles. The molecule has 4 nitrogen and oxygen atoms in total. The second-order valence-corrected chi connectivity index (χ2v) is 7.48. The number of methoxy groups -OCH3 is 1. The molecule has 0 aliphatic carbocycles. The molecule has 0 aromatic heterocycles. The molecule has 0 amide bonds. The van der Waals surface area contributed by atoms with Gasteiger partial charge in [-0.05, 0) is 30.3 Å². The molecule has 2 rings (SSSR count). The summed E-state index contributed by atoms with van der Waals surface area (Å²) in [5.41, 5.74) is 1.53. The van der Waals surface area contributed by atoms with Crippen molar-refractivity contribution in [3.8, 4) is 5.75 Å². The predicted octanol–water partition coefficient (Wildman–Crippen LogP) is 3.47. The molecular weight excluding hydrogens is 354 g/mol. The van der Waals surface area contributed by atoms with E-state index in [0.29, 0.717) is 17.1 Å². The molecule has 0 saturated carbocycles. The Labute approximate surface area is 133 Å². The molecule has 0 radical (unpaired) electrons. The molecule has 0 spiro atoms. The van der Waals surface area contributed by atoms with Crippen LogP contribution >= 0.6 is 15.9 Å². The lowest BCUT2D eigenvalue weighted by Crippen LogP contribution is -2.07. The van der Waals surface area contributed by atoms with E-state index in [1.165, 1.54) is 6.26 Å². The van der Waals surface area contributed by atoms with Gasteiger partial charge in [-0.2, -0.15) is 0 Å². The number of benzene rings is 2. The van der Waals surface area contributed by atoms with Gasteiger partial charge in [0.15, 0.2) is 9.84 Å². The number of sulfone groups is 1. The Kier molecular flexibility index (Phi) is 4.90. The molecule has 0 heterocycles. The number of nitrogens with one attached hydrogen (secondary N) is 1. The molecule has 112 valence electrons. The van der Waals surface area contributed by atoms with Crippen molar-refractivity contribution in [2.24, 2.45) is 0 Å². The number of anilines is 1. The second-order valence-electron chi connectivity index (χ2n) is 4.58. The Morgan fingerprint density at radius 2 is 1.90 bits per heavy atom. The monoisotopic (exact) mass is 369 g/mol. The fourth-order valence-corrected chi connectivity index (χ4v) is 3.29. The Hall–Kier alpha value is -1.53. The van der Waals surface area contributed by atoms with Gasteiger partial charge in [0.1, 0.15) is 5.75 Å². The number of ether oxygens (including phenoxy) is 1. The van der Waals surface area contributed by atoms with E-state index in [-0.39, 0.29) is 0 Å². The molecular formula is C15H16BrNO3S. The van der Waals surface area contributed by atoms with Crippen LogP contribution in [0.2, 0.25) is 0 Å². The zero-order valence-electron chi connectivity index (χ0n) is 11.8. The minimum absolute atomic E-state index is 0.291. The molecule has 21 heavy (non-hydrogen) atoms. The Morgan fingerprint density at radius 1 is 1.19 bits per heavy atom. The summed E-state index contributed by atoms with van der Waals surface area (Å²) >= 11 is 3.42. The molecule has 0 aliphatic heterocycles. The van der Waals surface area contributed by atoms with E-state index < -0.39 is 9.84 Å². The predicted molar refractivity (Wildman–Crippen MR) is 87.6 cm³/mol. The van der Waals surface area contributed by atoms with Crippen LogP contribution in [0.25, 0.3) is 0 Å². The second kappa shape index (κ2) is 6.49. The summed E-state index contributed by atoms with van der Waals surface area (Å²) in [4.78, 5) is 0.291. The maximum atomic E-state index is 11.8. The highest BCUT2D eigenvalue weighted by Gasteiger charge is 2.12. The first kappa shape index (κ1) is 15.9. The molecule has 0 bridgehead atoms. The van der Waals surface area contributed by atoms with E-state index in [2.05, 4.69) is 21.2 Å². The van der Waals surface area contributed by atoms with Gasteiger partial charge in [-0.1, -0.05) is 28.1 Å². The summed E-state index contributed by atoms with van der Waals surface area (Å²) in [5, 5.41) is 3.16. The number of para-hydroxylation sites is 1. The van der Waals surface area contributed by atoms with Crippen molar-refractivity contribution in [3.05, 3.63) is 52.5 Å². The SMILES string of the molecule is COc1ccc(Br)cc1CNc1ccccc1S(C)(=O)=O. The molecule has 0 atom stereocenters. The average Bonchev–Trinajstić information content (AvgIpc) is 2.44. The first-order valence-electron chi connectivity index (χ1n) is 6.27. The lowest BCUT2D eigenvalue weighted by Gasteiger charge is -2.13. The Morgan fingerprint density at radius 3 is 2.57 bits per heavy atom. The summed E-state index contributed by atoms with van der Waals surface area (Å²) in [7, 11) is -1.66. The van der Waals surface area contributed by atoms with Crippen molar-refractivity contribution in [1.82, 2.24) is 0 Å². The molecule has 0 saturated heterocycles. The van der Waals surface area contributed by atoms with Crippen LogP contribution in [0.1, 0.15) is 5.56 Å². The van der Waals surface area contributed by atoms with Crippen molar-refractivity contribution in [1.29, 1.82) is 0 Å². The Balaban J connectivity index is 2.27. The van der Waals surface area contributed by atoms with Gasteiger partial charge in [0.25, 0.3) is 0 Å². The maximum absolute atomic E-state index is 11.8. The summed E-state index contributed by atoms with van der Waals surface area (Å²) in [6.45, 7) is 0.467. The van der Waals surface area contributed by atoms with E-state index in [9.17, 15) is 8.42 Å². The summed E-state index contributed by atoms with van der Waals surface area (Å²) in [6.07, 6.45) is 1.20. The zero-order chi connectivity index (χ0) is 15.5. The largest absolute Gasteiger partial charge is 0.496 e. The average molecular weight is 370 g/mol. The first-order valence-corrected chi connectivity index (χ1v) is 8.95. The summed E-state index contributed by atoms with van der Waals surface area (Å²) < 4.78 is 29.8. The molecule has 2 aromatic rings. The van der Waals surface area contributed by atoms with Gasteiger partial charge < -0.3 is 10.1 Å². The lowest BCUT2D eigenvalue weighted by molar-refractivity contribution is 0.410. The van der Waals surface area contributed by atoms with E-state index in [1.54, 1.807) is 31.4 Å². The van der Waals surface area contributed by atoms with Crippen molar-refractivity contribution < 1.29 is 13.2 Å². The third-order valence-electron chi connectivity index (χ3n) is 3.00. The first-order chi connectivity index (χ1) is 9.91. The standard InChI is InChI=1S/C15H16BrNO3S/c1-20-14-8-7-12(16)9-11(14)10-17-13-5-3-4-6-15(13)21(2,18)19/h3-9,17H,10H2,1-2H3. The van der Waals surface area contributed by atoms with E-state index in [0.717, 1.165) is 15.8 Å². The highest BCUT2D eigenvalue weighted by atomic mass is 79.9. The number of halogens is 1. The van der Waals surface area contributed by atoms with Crippen LogP contribution in [0, 0.1) is 0 Å². The van der Waals surface area contributed by atoms with Crippen molar-refractivity contribution in [2.45, 2.75) is 11.4 Å². The highest BCUT2D eigenvalue weighted by Crippen LogP contribution is 2.26. The highest BCUT2D eigenvalue weighted by molar-refractivity contribution is 9.10. The molecule has 0 aliphatic rings. The quantitative estimate of drug-likeness (QED) is 0.876. The van der Waals surface area contributed by atoms with Crippen LogP contribution in [0.15, 0.2) is 51.8 Å². The van der Waals surface area contributed by atoms with Crippen molar-refractivity contribution in [2.75, 3.05) is 18.7 Å². The maximum Gasteiger partial charge on any atom is 0.177 e. The Bertz CT molecular complexity index is 744. The minimum atomic E-state index is -3.26. The lowest BCUT2D eigenvalue weighted by atomic mass is 10.2. The number of hydrogen-bond acceptors (Lipinski definition) is 4. The van der Waals surface area contributed by atoms with Crippen LogP contribution in [0.5, 0.6) is 5.75 Å². The third-order valence-corrected chi connectivity index (χ3v) is 4.65. The smallest absolute Gasteiger partial charge is 0.177 e. The fraction of sp³-hybridized carbons (Fsp3) is 0.200. The molecule has 0 fully saturated rings. The topological polar surface area (TPSA) is 55.4 Å². The molecule has 0 unspecified atom stereocenters. The van der Waals surface area contributed by atoms with E-state index in [1.807, 2.05) is 18.2 Å². The van der Waals surface area contributed by atoms with Gasteiger partial charge in [-0.3, -0.25) is 0 Å². The van der Waals surface area contributed by atoms with Gasteiger partial charge in [-0.15, -0.1) is 0 Å². The third kappa shape index (κ3) is 3.98. The number of hydrogen-bond donors (Lipinski definition) is 1.